The summed E-state index contributed by atoms with van der Waals surface area (Å²) in [7, 11) is -2.67. The van der Waals surface area contributed by atoms with E-state index in [4.69, 9.17) is 4.74 Å². The predicted octanol–water partition coefficient (Wildman–Crippen LogP) is 0.858. The Morgan fingerprint density at radius 2 is 2.12 bits per heavy atom. The Bertz CT molecular complexity index is 956. The smallest absolute Gasteiger partial charge is 0.267 e. The number of nitrogens with zero attached hydrogens (tertiary/aromatic N) is 2. The molecular formula is C16H18FN3O4S. The van der Waals surface area contributed by atoms with E-state index >= 15 is 0 Å². The van der Waals surface area contributed by atoms with E-state index in [1.54, 1.807) is 6.07 Å². The molecule has 0 unspecified atom stereocenters. The lowest BCUT2D eigenvalue weighted by Crippen LogP contribution is -2.32. The Balaban J connectivity index is 1.74. The molecule has 1 aliphatic rings. The van der Waals surface area contributed by atoms with Gasteiger partial charge in [0.2, 0.25) is 10.0 Å². The van der Waals surface area contributed by atoms with Crippen LogP contribution in [0.25, 0.3) is 0 Å². The van der Waals surface area contributed by atoms with Crippen molar-refractivity contribution in [3.05, 3.63) is 51.7 Å². The van der Waals surface area contributed by atoms with Crippen molar-refractivity contribution in [2.75, 3.05) is 13.7 Å². The van der Waals surface area contributed by atoms with E-state index in [0.717, 1.165) is 42.7 Å². The molecule has 1 heterocycles. The molecule has 0 radical (unpaired) electrons. The molecule has 3 rings (SSSR count). The second kappa shape index (κ2) is 6.93. The Labute approximate surface area is 144 Å². The molecule has 0 spiro atoms. The lowest BCUT2D eigenvalue weighted by molar-refractivity contribution is 0.400. The highest BCUT2D eigenvalue weighted by Crippen LogP contribution is 2.24. The van der Waals surface area contributed by atoms with E-state index in [2.05, 4.69) is 9.82 Å². The molecule has 0 amide bonds. The fraction of sp³-hybridized carbons (Fsp3) is 0.375. The monoisotopic (exact) mass is 367 g/mol. The van der Waals surface area contributed by atoms with Crippen LogP contribution >= 0.6 is 0 Å². The van der Waals surface area contributed by atoms with Crippen molar-refractivity contribution in [3.8, 4) is 5.75 Å². The topological polar surface area (TPSA) is 90.3 Å². The fourth-order valence-electron chi connectivity index (χ4n) is 2.82. The Kier molecular flexibility index (Phi) is 4.87. The highest BCUT2D eigenvalue weighted by molar-refractivity contribution is 7.89. The van der Waals surface area contributed by atoms with Crippen molar-refractivity contribution in [2.45, 2.75) is 30.7 Å². The van der Waals surface area contributed by atoms with E-state index in [0.29, 0.717) is 0 Å². The molecule has 25 heavy (non-hydrogen) atoms. The quantitative estimate of drug-likeness (QED) is 0.818. The van der Waals surface area contributed by atoms with Gasteiger partial charge in [0.25, 0.3) is 5.56 Å². The first kappa shape index (κ1) is 17.6. The number of hydrogen-bond donors (Lipinski definition) is 1. The molecule has 0 bridgehead atoms. The number of hydrogen-bond acceptors (Lipinski definition) is 5. The van der Waals surface area contributed by atoms with Crippen LogP contribution in [0.2, 0.25) is 0 Å². The van der Waals surface area contributed by atoms with Gasteiger partial charge in [0.15, 0.2) is 0 Å². The molecule has 0 aliphatic heterocycles. The van der Waals surface area contributed by atoms with Crippen LogP contribution in [0.5, 0.6) is 5.75 Å². The summed E-state index contributed by atoms with van der Waals surface area (Å²) in [5.74, 6) is -0.639. The van der Waals surface area contributed by atoms with Crippen molar-refractivity contribution in [1.82, 2.24) is 14.5 Å². The number of rotatable bonds is 6. The van der Waals surface area contributed by atoms with Crippen LogP contribution in [0.1, 0.15) is 17.7 Å². The normalized spacial score (nSPS) is 13.7. The average molecular weight is 367 g/mol. The molecule has 0 atom stereocenters. The summed E-state index contributed by atoms with van der Waals surface area (Å²) in [6.45, 7) is 0.0384. The van der Waals surface area contributed by atoms with Crippen molar-refractivity contribution >= 4 is 10.0 Å². The number of sulfonamides is 1. The molecule has 9 heteroatoms. The van der Waals surface area contributed by atoms with E-state index in [1.165, 1.54) is 17.9 Å². The summed E-state index contributed by atoms with van der Waals surface area (Å²) in [4.78, 5) is 11.7. The number of nitrogens with one attached hydrogen (secondary N) is 1. The second-order valence-corrected chi connectivity index (χ2v) is 7.46. The van der Waals surface area contributed by atoms with E-state index in [9.17, 15) is 17.6 Å². The summed E-state index contributed by atoms with van der Waals surface area (Å²) < 4.78 is 46.7. The Morgan fingerprint density at radius 1 is 1.32 bits per heavy atom. The van der Waals surface area contributed by atoms with Gasteiger partial charge in [-0.3, -0.25) is 4.79 Å². The number of aryl methyl sites for hydroxylation is 2. The minimum atomic E-state index is -3.98. The zero-order valence-corrected chi connectivity index (χ0v) is 14.5. The van der Waals surface area contributed by atoms with Crippen LogP contribution in [0.15, 0.2) is 34.0 Å². The third-order valence-electron chi connectivity index (χ3n) is 4.05. The number of aromatic nitrogens is 2. The Hall–Kier alpha value is -2.26. The molecule has 1 aromatic heterocycles. The summed E-state index contributed by atoms with van der Waals surface area (Å²) in [6, 6.07) is 4.81. The van der Waals surface area contributed by atoms with Gasteiger partial charge in [-0.05, 0) is 43.0 Å². The highest BCUT2D eigenvalue weighted by atomic mass is 32.2. The van der Waals surface area contributed by atoms with Gasteiger partial charge in [0.1, 0.15) is 16.5 Å². The van der Waals surface area contributed by atoms with Crippen LogP contribution < -0.4 is 15.0 Å². The molecule has 2 aromatic rings. The fourth-order valence-corrected chi connectivity index (χ4v) is 4.02. The molecular weight excluding hydrogens is 349 g/mol. The maximum Gasteiger partial charge on any atom is 0.267 e. The van der Waals surface area contributed by atoms with E-state index in [-0.39, 0.29) is 29.3 Å². The van der Waals surface area contributed by atoms with Gasteiger partial charge in [-0.1, -0.05) is 0 Å². The van der Waals surface area contributed by atoms with Gasteiger partial charge < -0.3 is 4.74 Å². The third kappa shape index (κ3) is 3.72. The molecule has 1 aliphatic carbocycles. The van der Waals surface area contributed by atoms with Crippen molar-refractivity contribution in [3.63, 3.8) is 0 Å². The summed E-state index contributed by atoms with van der Waals surface area (Å²) in [5, 5.41) is 4.28. The first-order chi connectivity index (χ1) is 11.9. The molecule has 0 saturated carbocycles. The largest absolute Gasteiger partial charge is 0.495 e. The third-order valence-corrected chi connectivity index (χ3v) is 5.54. The van der Waals surface area contributed by atoms with Crippen molar-refractivity contribution in [1.29, 1.82) is 0 Å². The van der Waals surface area contributed by atoms with Crippen LogP contribution in [0.3, 0.4) is 0 Å². The summed E-state index contributed by atoms with van der Waals surface area (Å²) >= 11 is 0. The summed E-state index contributed by atoms with van der Waals surface area (Å²) in [5.41, 5.74) is 1.59. The molecule has 0 saturated heterocycles. The minimum absolute atomic E-state index is 0.0433. The summed E-state index contributed by atoms with van der Waals surface area (Å²) in [6.07, 6.45) is 2.64. The van der Waals surface area contributed by atoms with Gasteiger partial charge in [0, 0.05) is 12.6 Å². The second-order valence-electron chi connectivity index (χ2n) is 5.72. The van der Waals surface area contributed by atoms with Gasteiger partial charge >= 0.3 is 0 Å². The zero-order chi connectivity index (χ0) is 18.0. The SMILES string of the molecule is COc1ccc(F)cc1S(=O)(=O)NCCn1nc2c(cc1=O)CCC2. The molecule has 1 N–H and O–H groups in total. The number of benzene rings is 1. The van der Waals surface area contributed by atoms with Crippen LogP contribution in [-0.2, 0) is 29.4 Å². The van der Waals surface area contributed by atoms with Crippen LogP contribution in [0.4, 0.5) is 4.39 Å². The number of halogens is 1. The zero-order valence-electron chi connectivity index (χ0n) is 13.7. The number of ether oxygens (including phenoxy) is 1. The lowest BCUT2D eigenvalue weighted by Gasteiger charge is -2.11. The van der Waals surface area contributed by atoms with Gasteiger partial charge in [0.05, 0.1) is 19.3 Å². The predicted molar refractivity (Wildman–Crippen MR) is 88.7 cm³/mol. The first-order valence-electron chi connectivity index (χ1n) is 7.84. The standard InChI is InChI=1S/C16H18FN3O4S/c1-24-14-6-5-12(17)10-15(14)25(22,23)18-7-8-20-16(21)9-11-3-2-4-13(11)19-20/h5-6,9-10,18H,2-4,7-8H2,1H3. The van der Waals surface area contributed by atoms with Crippen molar-refractivity contribution in [2.24, 2.45) is 0 Å². The average Bonchev–Trinajstić information content (AvgIpc) is 3.02. The minimum Gasteiger partial charge on any atom is -0.495 e. The maximum absolute atomic E-state index is 13.4. The van der Waals surface area contributed by atoms with Gasteiger partial charge in [-0.2, -0.15) is 5.10 Å². The van der Waals surface area contributed by atoms with E-state index < -0.39 is 15.8 Å². The highest BCUT2D eigenvalue weighted by Gasteiger charge is 2.20. The van der Waals surface area contributed by atoms with Gasteiger partial charge in [-0.15, -0.1) is 0 Å². The number of methoxy groups -OCH3 is 1. The molecule has 7 nitrogen and oxygen atoms in total. The van der Waals surface area contributed by atoms with Crippen LogP contribution in [0, 0.1) is 5.82 Å². The van der Waals surface area contributed by atoms with E-state index in [1.807, 2.05) is 0 Å². The van der Waals surface area contributed by atoms with Crippen LogP contribution in [-0.4, -0.2) is 31.9 Å². The lowest BCUT2D eigenvalue weighted by atomic mass is 10.2. The Morgan fingerprint density at radius 3 is 2.88 bits per heavy atom. The van der Waals surface area contributed by atoms with Crippen molar-refractivity contribution < 1.29 is 17.5 Å². The molecule has 0 fully saturated rings. The maximum atomic E-state index is 13.4. The van der Waals surface area contributed by atoms with Gasteiger partial charge in [-0.25, -0.2) is 22.2 Å². The molecule has 134 valence electrons. The molecule has 1 aromatic carbocycles. The first-order valence-corrected chi connectivity index (χ1v) is 9.32. The number of fused-ring (bicyclic) bond motifs is 1.